The lowest BCUT2D eigenvalue weighted by molar-refractivity contribution is 0.104. The number of hydrogen-bond donors (Lipinski definition) is 0. The molecule has 112 valence electrons. The fraction of sp³-hybridized carbons (Fsp3) is 0.167. The normalized spacial score (nSPS) is 15.0. The van der Waals surface area contributed by atoms with Gasteiger partial charge in [-0.3, -0.25) is 4.79 Å². The summed E-state index contributed by atoms with van der Waals surface area (Å²) in [7, 11) is 3.15. The van der Waals surface area contributed by atoms with Crippen LogP contribution >= 0.6 is 11.6 Å². The predicted octanol–water partition coefficient (Wildman–Crippen LogP) is 4.18. The first kappa shape index (κ1) is 14.7. The molecule has 3 nitrogen and oxygen atoms in total. The van der Waals surface area contributed by atoms with Crippen LogP contribution in [0, 0.1) is 0 Å². The number of rotatable bonds is 3. The van der Waals surface area contributed by atoms with Gasteiger partial charge >= 0.3 is 0 Å². The lowest BCUT2D eigenvalue weighted by atomic mass is 10.1. The first-order chi connectivity index (χ1) is 10.6. The summed E-state index contributed by atoms with van der Waals surface area (Å²) < 4.78 is 10.6. The lowest BCUT2D eigenvalue weighted by Crippen LogP contribution is -1.97. The molecule has 1 aliphatic carbocycles. The Kier molecular flexibility index (Phi) is 3.90. The highest BCUT2D eigenvalue weighted by Crippen LogP contribution is 2.37. The van der Waals surface area contributed by atoms with Crippen LogP contribution in [0.2, 0.25) is 5.02 Å². The molecule has 0 aliphatic heterocycles. The predicted molar refractivity (Wildman–Crippen MR) is 87.0 cm³/mol. The van der Waals surface area contributed by atoms with Crippen LogP contribution < -0.4 is 9.47 Å². The van der Waals surface area contributed by atoms with Gasteiger partial charge in [0.2, 0.25) is 0 Å². The first-order valence-corrected chi connectivity index (χ1v) is 7.26. The Morgan fingerprint density at radius 1 is 1.09 bits per heavy atom. The van der Waals surface area contributed by atoms with Crippen LogP contribution in [0.15, 0.2) is 42.0 Å². The van der Waals surface area contributed by atoms with Gasteiger partial charge in [-0.2, -0.15) is 0 Å². The highest BCUT2D eigenvalue weighted by atomic mass is 35.5. The second-order valence-corrected chi connectivity index (χ2v) is 5.53. The van der Waals surface area contributed by atoms with Gasteiger partial charge < -0.3 is 9.47 Å². The smallest absolute Gasteiger partial charge is 0.189 e. The average Bonchev–Trinajstić information content (AvgIpc) is 2.81. The maximum Gasteiger partial charge on any atom is 0.189 e. The summed E-state index contributed by atoms with van der Waals surface area (Å²) in [5.41, 5.74) is 3.29. The number of Topliss-reactive ketones (excluding diaryl/α,β-unsaturated/α-hetero) is 1. The van der Waals surface area contributed by atoms with Crippen LogP contribution in [0.5, 0.6) is 11.5 Å². The Hall–Kier alpha value is -2.26. The maximum absolute atomic E-state index is 12.6. The quantitative estimate of drug-likeness (QED) is 0.797. The zero-order valence-corrected chi connectivity index (χ0v) is 13.1. The maximum atomic E-state index is 12.6. The molecule has 0 atom stereocenters. The summed E-state index contributed by atoms with van der Waals surface area (Å²) in [5, 5.41) is 0.653. The molecule has 3 rings (SSSR count). The van der Waals surface area contributed by atoms with E-state index >= 15 is 0 Å². The van der Waals surface area contributed by atoms with Crippen LogP contribution in [-0.2, 0) is 6.42 Å². The van der Waals surface area contributed by atoms with Gasteiger partial charge in [-0.1, -0.05) is 23.7 Å². The van der Waals surface area contributed by atoms with Gasteiger partial charge in [0.1, 0.15) is 0 Å². The highest BCUT2D eigenvalue weighted by Gasteiger charge is 2.27. The van der Waals surface area contributed by atoms with Crippen molar-refractivity contribution in [1.29, 1.82) is 0 Å². The van der Waals surface area contributed by atoms with E-state index in [0.717, 1.165) is 16.7 Å². The molecule has 0 radical (unpaired) electrons. The van der Waals surface area contributed by atoms with E-state index in [2.05, 4.69) is 0 Å². The largest absolute Gasteiger partial charge is 0.493 e. The van der Waals surface area contributed by atoms with Crippen LogP contribution in [0.3, 0.4) is 0 Å². The van der Waals surface area contributed by atoms with Gasteiger partial charge in [-0.05, 0) is 41.5 Å². The number of benzene rings is 2. The van der Waals surface area contributed by atoms with Gasteiger partial charge in [0.05, 0.1) is 14.2 Å². The Bertz CT molecular complexity index is 778. The van der Waals surface area contributed by atoms with E-state index in [-0.39, 0.29) is 5.78 Å². The zero-order valence-electron chi connectivity index (χ0n) is 12.4. The molecular formula is C18H15ClO3. The summed E-state index contributed by atoms with van der Waals surface area (Å²) >= 11 is 5.99. The minimum Gasteiger partial charge on any atom is -0.493 e. The number of allylic oxidation sites excluding steroid dienone is 1. The molecular weight excluding hydrogens is 300 g/mol. The number of hydrogen-bond acceptors (Lipinski definition) is 3. The molecule has 0 spiro atoms. The first-order valence-electron chi connectivity index (χ1n) is 6.88. The Balaban J connectivity index is 2.00. The van der Waals surface area contributed by atoms with Crippen molar-refractivity contribution in [2.45, 2.75) is 6.42 Å². The monoisotopic (exact) mass is 314 g/mol. The van der Waals surface area contributed by atoms with E-state index < -0.39 is 0 Å². The molecule has 4 heteroatoms. The van der Waals surface area contributed by atoms with Gasteiger partial charge in [0.15, 0.2) is 17.3 Å². The van der Waals surface area contributed by atoms with E-state index in [1.165, 1.54) is 0 Å². The number of halogens is 1. The summed E-state index contributed by atoms with van der Waals surface area (Å²) in [4.78, 5) is 12.6. The molecule has 0 bridgehead atoms. The third-order valence-electron chi connectivity index (χ3n) is 3.72. The molecule has 22 heavy (non-hydrogen) atoms. The van der Waals surface area contributed by atoms with Crippen molar-refractivity contribution in [2.24, 2.45) is 0 Å². The third-order valence-corrected chi connectivity index (χ3v) is 3.95. The van der Waals surface area contributed by atoms with Crippen molar-refractivity contribution < 1.29 is 14.3 Å². The number of carbonyl (C=O) groups excluding carboxylic acids is 1. The zero-order chi connectivity index (χ0) is 15.7. The molecule has 0 N–H and O–H groups in total. The van der Waals surface area contributed by atoms with E-state index in [0.29, 0.717) is 28.5 Å². The minimum absolute atomic E-state index is 0.0240. The third kappa shape index (κ3) is 2.60. The average molecular weight is 315 g/mol. The Morgan fingerprint density at radius 2 is 1.82 bits per heavy atom. The molecule has 0 saturated carbocycles. The second kappa shape index (κ2) is 5.85. The fourth-order valence-electron chi connectivity index (χ4n) is 2.65. The number of ketones is 1. The van der Waals surface area contributed by atoms with Gasteiger partial charge in [-0.15, -0.1) is 0 Å². The van der Waals surface area contributed by atoms with Gasteiger partial charge in [-0.25, -0.2) is 0 Å². The van der Waals surface area contributed by atoms with E-state index in [1.54, 1.807) is 20.3 Å². The van der Waals surface area contributed by atoms with Crippen LogP contribution in [0.25, 0.3) is 6.08 Å². The van der Waals surface area contributed by atoms with Crippen LogP contribution in [0.4, 0.5) is 0 Å². The van der Waals surface area contributed by atoms with E-state index in [4.69, 9.17) is 21.1 Å². The summed E-state index contributed by atoms with van der Waals surface area (Å²) in [6.07, 6.45) is 2.47. The molecule has 2 aromatic carbocycles. The van der Waals surface area contributed by atoms with Gasteiger partial charge in [0, 0.05) is 22.6 Å². The molecule has 0 fully saturated rings. The molecule has 0 amide bonds. The van der Waals surface area contributed by atoms with Crippen molar-refractivity contribution in [3.8, 4) is 11.5 Å². The molecule has 0 aromatic heterocycles. The van der Waals surface area contributed by atoms with E-state index in [1.807, 2.05) is 36.4 Å². The van der Waals surface area contributed by atoms with Crippen molar-refractivity contribution in [3.63, 3.8) is 0 Å². The fourth-order valence-corrected chi connectivity index (χ4v) is 2.85. The summed E-state index contributed by atoms with van der Waals surface area (Å²) in [5.74, 6) is 1.23. The molecule has 0 heterocycles. The van der Waals surface area contributed by atoms with Crippen molar-refractivity contribution in [1.82, 2.24) is 0 Å². The number of methoxy groups -OCH3 is 2. The number of carbonyl (C=O) groups is 1. The summed E-state index contributed by atoms with van der Waals surface area (Å²) in [6.45, 7) is 0. The molecule has 0 unspecified atom stereocenters. The van der Waals surface area contributed by atoms with Crippen LogP contribution in [0.1, 0.15) is 21.5 Å². The van der Waals surface area contributed by atoms with Crippen molar-refractivity contribution >= 4 is 23.5 Å². The SMILES string of the molecule is COc1cc2c(cc1OC)C(=O)C(=Cc1cccc(Cl)c1)C2. The Labute approximate surface area is 134 Å². The Morgan fingerprint density at radius 3 is 2.50 bits per heavy atom. The standard InChI is InChI=1S/C18H15ClO3/c1-21-16-9-12-8-13(6-11-4-3-5-14(19)7-11)18(20)15(12)10-17(16)22-2/h3-7,9-10H,8H2,1-2H3. The lowest BCUT2D eigenvalue weighted by Gasteiger charge is -2.08. The van der Waals surface area contributed by atoms with Crippen molar-refractivity contribution in [2.75, 3.05) is 14.2 Å². The van der Waals surface area contributed by atoms with Gasteiger partial charge in [0.25, 0.3) is 0 Å². The topological polar surface area (TPSA) is 35.5 Å². The second-order valence-electron chi connectivity index (χ2n) is 5.09. The summed E-state index contributed by atoms with van der Waals surface area (Å²) in [6, 6.07) is 11.1. The van der Waals surface area contributed by atoms with Crippen molar-refractivity contribution in [3.05, 3.63) is 63.7 Å². The van der Waals surface area contributed by atoms with Crippen LogP contribution in [-0.4, -0.2) is 20.0 Å². The van der Waals surface area contributed by atoms with E-state index in [9.17, 15) is 4.79 Å². The number of fused-ring (bicyclic) bond motifs is 1. The highest BCUT2D eigenvalue weighted by molar-refractivity contribution is 6.30. The minimum atomic E-state index is 0.0240. The molecule has 0 saturated heterocycles. The molecule has 2 aromatic rings. The molecule has 1 aliphatic rings. The number of ether oxygens (including phenoxy) is 2.